The molecule has 0 saturated heterocycles. The van der Waals surface area contributed by atoms with E-state index in [1.165, 1.54) is 107 Å². The summed E-state index contributed by atoms with van der Waals surface area (Å²) in [6.45, 7) is 15.4. The zero-order valence-electron chi connectivity index (χ0n) is 20.1. The molecule has 1 rings (SSSR count). The topological polar surface area (TPSA) is 0 Å². The Hall–Kier alpha value is -0.780. The summed E-state index contributed by atoms with van der Waals surface area (Å²) < 4.78 is 0. The van der Waals surface area contributed by atoms with Crippen molar-refractivity contribution < 1.29 is 0 Å². The zero-order valence-corrected chi connectivity index (χ0v) is 20.1. The highest BCUT2D eigenvalue weighted by Gasteiger charge is 1.90. The van der Waals surface area contributed by atoms with Gasteiger partial charge in [-0.15, -0.1) is 0 Å². The van der Waals surface area contributed by atoms with Gasteiger partial charge in [-0.1, -0.05) is 152 Å². The number of benzene rings is 1. The minimum Gasteiger partial charge on any atom is -0.0654 e. The Morgan fingerprint density at radius 2 is 0.556 bits per heavy atom. The normalized spacial score (nSPS) is 9.89. The first-order chi connectivity index (χ1) is 13.0. The summed E-state index contributed by atoms with van der Waals surface area (Å²) in [5, 5.41) is 0. The highest BCUT2D eigenvalue weighted by molar-refractivity contribution is 5.27. The van der Waals surface area contributed by atoms with E-state index in [0.717, 1.165) is 0 Å². The van der Waals surface area contributed by atoms with E-state index >= 15 is 0 Å². The highest BCUT2D eigenvalue weighted by Crippen LogP contribution is 2.10. The van der Waals surface area contributed by atoms with Gasteiger partial charge in [0.2, 0.25) is 0 Å². The fourth-order valence-corrected chi connectivity index (χ4v) is 3.26. The van der Waals surface area contributed by atoms with Crippen LogP contribution in [0.4, 0.5) is 0 Å². The van der Waals surface area contributed by atoms with E-state index in [0.29, 0.717) is 0 Å². The standard InChI is InChI=1S/C12H26.C9H12.C6H14/c1-3-5-7-9-11-12-10-8-6-4-2;1-7-4-8(2)6-9(3)5-7;1-3-5-6-4-2/h3-12H2,1-2H3;4-6H,1-3H3;3-6H2,1-2H3. The van der Waals surface area contributed by atoms with Gasteiger partial charge >= 0.3 is 0 Å². The molecule has 0 bridgehead atoms. The van der Waals surface area contributed by atoms with Gasteiger partial charge in [0.05, 0.1) is 0 Å². The summed E-state index contributed by atoms with van der Waals surface area (Å²) >= 11 is 0. The van der Waals surface area contributed by atoms with Crippen LogP contribution < -0.4 is 0 Å². The molecule has 0 heterocycles. The quantitative estimate of drug-likeness (QED) is 0.318. The lowest BCUT2D eigenvalue weighted by atomic mass is 10.1. The highest BCUT2D eigenvalue weighted by atomic mass is 14.0. The smallest absolute Gasteiger partial charge is 0.0398 e. The number of rotatable bonds is 12. The van der Waals surface area contributed by atoms with Gasteiger partial charge in [-0.25, -0.2) is 0 Å². The van der Waals surface area contributed by atoms with Crippen molar-refractivity contribution in [2.45, 2.75) is 138 Å². The Morgan fingerprint density at radius 1 is 0.370 bits per heavy atom. The van der Waals surface area contributed by atoms with Crippen molar-refractivity contribution >= 4 is 0 Å². The van der Waals surface area contributed by atoms with Crippen LogP contribution >= 0.6 is 0 Å². The third kappa shape index (κ3) is 25.2. The van der Waals surface area contributed by atoms with E-state index in [4.69, 9.17) is 0 Å². The lowest BCUT2D eigenvalue weighted by Gasteiger charge is -1.99. The SMILES string of the molecule is CCCCCC.CCCCCCCCCCCC.Cc1cc(C)cc(C)c1. The van der Waals surface area contributed by atoms with Gasteiger partial charge in [0.1, 0.15) is 0 Å². The van der Waals surface area contributed by atoms with Crippen molar-refractivity contribution in [1.29, 1.82) is 0 Å². The van der Waals surface area contributed by atoms with Gasteiger partial charge in [0, 0.05) is 0 Å². The molecule has 0 aliphatic rings. The Labute approximate surface area is 173 Å². The number of unbranched alkanes of at least 4 members (excludes halogenated alkanes) is 12. The largest absolute Gasteiger partial charge is 0.0654 e. The first kappa shape index (κ1) is 28.4. The molecular formula is C27H52. The van der Waals surface area contributed by atoms with Crippen molar-refractivity contribution in [3.8, 4) is 0 Å². The van der Waals surface area contributed by atoms with Gasteiger partial charge in [-0.2, -0.15) is 0 Å². The number of hydrogen-bond donors (Lipinski definition) is 0. The maximum absolute atomic E-state index is 2.28. The summed E-state index contributed by atoms with van der Waals surface area (Å²) in [7, 11) is 0. The third-order valence-corrected chi connectivity index (χ3v) is 4.78. The van der Waals surface area contributed by atoms with Crippen molar-refractivity contribution in [3.63, 3.8) is 0 Å². The molecule has 0 amide bonds. The Bertz CT molecular complexity index is 327. The molecule has 0 radical (unpaired) electrons. The van der Waals surface area contributed by atoms with Crippen LogP contribution in [0.1, 0.15) is 134 Å². The molecule has 1 aromatic carbocycles. The van der Waals surface area contributed by atoms with E-state index in [-0.39, 0.29) is 0 Å². The molecule has 0 N–H and O–H groups in total. The fraction of sp³-hybridized carbons (Fsp3) is 0.778. The molecule has 27 heavy (non-hydrogen) atoms. The van der Waals surface area contributed by atoms with Crippen LogP contribution in [0.5, 0.6) is 0 Å². The maximum Gasteiger partial charge on any atom is -0.0398 e. The van der Waals surface area contributed by atoms with Crippen molar-refractivity contribution in [2.24, 2.45) is 0 Å². The van der Waals surface area contributed by atoms with E-state index in [2.05, 4.69) is 66.7 Å². The van der Waals surface area contributed by atoms with Gasteiger partial charge in [-0.3, -0.25) is 0 Å². The minimum absolute atomic E-state index is 1.35. The van der Waals surface area contributed by atoms with Crippen LogP contribution in [-0.4, -0.2) is 0 Å². The van der Waals surface area contributed by atoms with Crippen LogP contribution in [0.15, 0.2) is 18.2 Å². The molecule has 0 nitrogen and oxygen atoms in total. The van der Waals surface area contributed by atoms with Gasteiger partial charge in [0.25, 0.3) is 0 Å². The average Bonchev–Trinajstić information content (AvgIpc) is 2.62. The second-order valence-electron chi connectivity index (χ2n) is 8.20. The molecule has 0 aliphatic heterocycles. The minimum atomic E-state index is 1.35. The van der Waals surface area contributed by atoms with Crippen LogP contribution in [-0.2, 0) is 0 Å². The first-order valence-corrected chi connectivity index (χ1v) is 12.1. The Kier molecular flexibility index (Phi) is 24.5. The second-order valence-corrected chi connectivity index (χ2v) is 8.20. The molecule has 0 atom stereocenters. The van der Waals surface area contributed by atoms with Crippen LogP contribution in [0.25, 0.3) is 0 Å². The number of aryl methyl sites for hydroxylation is 3. The third-order valence-electron chi connectivity index (χ3n) is 4.78. The lowest BCUT2D eigenvalue weighted by molar-refractivity contribution is 0.562. The molecule has 0 heteroatoms. The van der Waals surface area contributed by atoms with Crippen LogP contribution in [0.2, 0.25) is 0 Å². The molecule has 160 valence electrons. The van der Waals surface area contributed by atoms with E-state index < -0.39 is 0 Å². The van der Waals surface area contributed by atoms with Crippen molar-refractivity contribution in [2.75, 3.05) is 0 Å². The van der Waals surface area contributed by atoms with Gasteiger partial charge in [0.15, 0.2) is 0 Å². The van der Waals surface area contributed by atoms with Crippen LogP contribution in [0, 0.1) is 20.8 Å². The molecule has 0 spiro atoms. The molecule has 0 aliphatic carbocycles. The van der Waals surface area contributed by atoms with Gasteiger partial charge < -0.3 is 0 Å². The summed E-state index contributed by atoms with van der Waals surface area (Å²) in [6, 6.07) is 6.56. The second kappa shape index (κ2) is 23.3. The zero-order chi connectivity index (χ0) is 20.8. The predicted octanol–water partition coefficient (Wildman–Crippen LogP) is 10.1. The molecule has 0 unspecified atom stereocenters. The Morgan fingerprint density at radius 3 is 0.778 bits per heavy atom. The van der Waals surface area contributed by atoms with Crippen molar-refractivity contribution in [3.05, 3.63) is 34.9 Å². The summed E-state index contributed by atoms with van der Waals surface area (Å²) in [5.41, 5.74) is 4.06. The molecule has 0 saturated carbocycles. The van der Waals surface area contributed by atoms with E-state index in [1.807, 2.05) is 0 Å². The molecule has 0 fully saturated rings. The van der Waals surface area contributed by atoms with E-state index in [1.54, 1.807) is 0 Å². The first-order valence-electron chi connectivity index (χ1n) is 12.1. The summed E-state index contributed by atoms with van der Waals surface area (Å²) in [4.78, 5) is 0. The Balaban J connectivity index is 0. The fourth-order valence-electron chi connectivity index (χ4n) is 3.26. The summed E-state index contributed by atoms with van der Waals surface area (Å²) in [6.07, 6.45) is 20.0. The average molecular weight is 377 g/mol. The van der Waals surface area contributed by atoms with Crippen LogP contribution in [0.3, 0.4) is 0 Å². The monoisotopic (exact) mass is 376 g/mol. The molecular weight excluding hydrogens is 324 g/mol. The van der Waals surface area contributed by atoms with E-state index in [9.17, 15) is 0 Å². The predicted molar refractivity (Wildman–Crippen MR) is 128 cm³/mol. The molecule has 1 aromatic rings. The summed E-state index contributed by atoms with van der Waals surface area (Å²) in [5.74, 6) is 0. The lowest BCUT2D eigenvalue weighted by Crippen LogP contribution is -1.80. The maximum atomic E-state index is 2.28. The van der Waals surface area contributed by atoms with Crippen molar-refractivity contribution in [1.82, 2.24) is 0 Å². The van der Waals surface area contributed by atoms with Gasteiger partial charge in [-0.05, 0) is 20.8 Å². The number of hydrogen-bond acceptors (Lipinski definition) is 0. The molecule has 0 aromatic heterocycles.